The molecule has 1 atom stereocenters. The highest BCUT2D eigenvalue weighted by molar-refractivity contribution is 5.49. The minimum atomic E-state index is 0.459. The van der Waals surface area contributed by atoms with Crippen LogP contribution in [-0.4, -0.2) is 20.7 Å². The number of rotatable bonds is 2. The first kappa shape index (κ1) is 12.1. The molecular weight excluding hydrogens is 234 g/mol. The van der Waals surface area contributed by atoms with E-state index in [1.54, 1.807) is 0 Å². The van der Waals surface area contributed by atoms with Crippen LogP contribution >= 0.6 is 0 Å². The molecule has 0 aromatic heterocycles. The van der Waals surface area contributed by atoms with Crippen LogP contribution in [0.5, 0.6) is 5.75 Å². The number of hydrogen-bond acceptors (Lipinski definition) is 2. The molecule has 0 N–H and O–H groups in total. The number of ether oxygens (including phenoxy) is 1. The Morgan fingerprint density at radius 1 is 1.00 bits per heavy atom. The molecule has 0 bridgehead atoms. The maximum atomic E-state index is 5.73. The Bertz CT molecular complexity index is 560. The molecule has 2 heteroatoms. The molecule has 3 rings (SSSR count). The Morgan fingerprint density at radius 3 is 2.47 bits per heavy atom. The van der Waals surface area contributed by atoms with Gasteiger partial charge in [0.15, 0.2) is 0 Å². The van der Waals surface area contributed by atoms with Gasteiger partial charge in [-0.15, -0.1) is 0 Å². The van der Waals surface area contributed by atoms with Gasteiger partial charge in [-0.1, -0.05) is 30.3 Å². The van der Waals surface area contributed by atoms with Gasteiger partial charge >= 0.3 is 0 Å². The summed E-state index contributed by atoms with van der Waals surface area (Å²) in [6.07, 6.45) is 1.05. The molecule has 0 fully saturated rings. The van der Waals surface area contributed by atoms with Gasteiger partial charge in [0, 0.05) is 31.3 Å². The first-order valence-corrected chi connectivity index (χ1v) is 6.75. The quantitative estimate of drug-likeness (QED) is 0.809. The molecule has 2 nitrogen and oxygen atoms in total. The molecule has 0 spiro atoms. The fourth-order valence-electron chi connectivity index (χ4n) is 2.69. The van der Waals surface area contributed by atoms with Crippen molar-refractivity contribution in [2.24, 2.45) is 0 Å². The van der Waals surface area contributed by atoms with E-state index in [-0.39, 0.29) is 0 Å². The van der Waals surface area contributed by atoms with Gasteiger partial charge in [0.1, 0.15) is 5.75 Å². The average Bonchev–Trinajstić information content (AvgIpc) is 2.47. The zero-order chi connectivity index (χ0) is 13.2. The van der Waals surface area contributed by atoms with Crippen molar-refractivity contribution in [3.05, 3.63) is 59.7 Å². The summed E-state index contributed by atoms with van der Waals surface area (Å²) in [5.74, 6) is 1.50. The molecule has 2 aromatic carbocycles. The van der Waals surface area contributed by atoms with E-state index in [2.05, 4.69) is 61.5 Å². The lowest BCUT2D eigenvalue weighted by Crippen LogP contribution is -2.15. The minimum absolute atomic E-state index is 0.459. The van der Waals surface area contributed by atoms with E-state index in [4.69, 9.17) is 4.74 Å². The van der Waals surface area contributed by atoms with Crippen molar-refractivity contribution in [3.8, 4) is 5.75 Å². The standard InChI is InChI=1S/C17H19NO/c1-18(2)14-9-7-13(8-10-14)15-11-12-19-17-6-4-3-5-16(15)17/h3-10,15H,11-12H2,1-2H3. The Labute approximate surface area is 114 Å². The number of anilines is 1. The number of nitrogens with zero attached hydrogens (tertiary/aromatic N) is 1. The summed E-state index contributed by atoms with van der Waals surface area (Å²) < 4.78 is 5.73. The molecule has 1 aliphatic heterocycles. The summed E-state index contributed by atoms with van der Waals surface area (Å²) in [6, 6.07) is 17.2. The largest absolute Gasteiger partial charge is 0.493 e. The van der Waals surface area contributed by atoms with Crippen LogP contribution in [-0.2, 0) is 0 Å². The number of hydrogen-bond donors (Lipinski definition) is 0. The number of benzene rings is 2. The van der Waals surface area contributed by atoms with Gasteiger partial charge < -0.3 is 9.64 Å². The Hall–Kier alpha value is -1.96. The second-order valence-electron chi connectivity index (χ2n) is 5.21. The summed E-state index contributed by atoms with van der Waals surface area (Å²) in [6.45, 7) is 0.803. The molecule has 2 aromatic rings. The normalized spacial score (nSPS) is 17.5. The lowest BCUT2D eigenvalue weighted by Gasteiger charge is -2.26. The van der Waals surface area contributed by atoms with Crippen LogP contribution in [0.15, 0.2) is 48.5 Å². The Morgan fingerprint density at radius 2 is 1.74 bits per heavy atom. The van der Waals surface area contributed by atoms with Gasteiger partial charge in [-0.05, 0) is 30.2 Å². The van der Waals surface area contributed by atoms with E-state index in [9.17, 15) is 0 Å². The molecular formula is C17H19NO. The van der Waals surface area contributed by atoms with Crippen molar-refractivity contribution in [1.82, 2.24) is 0 Å². The van der Waals surface area contributed by atoms with Gasteiger partial charge in [-0.2, -0.15) is 0 Å². The third-order valence-electron chi connectivity index (χ3n) is 3.77. The van der Waals surface area contributed by atoms with Crippen molar-refractivity contribution >= 4 is 5.69 Å². The van der Waals surface area contributed by atoms with E-state index in [0.717, 1.165) is 18.8 Å². The van der Waals surface area contributed by atoms with E-state index < -0.39 is 0 Å². The summed E-state index contributed by atoms with van der Waals surface area (Å²) in [4.78, 5) is 2.13. The van der Waals surface area contributed by atoms with Crippen LogP contribution < -0.4 is 9.64 Å². The van der Waals surface area contributed by atoms with E-state index >= 15 is 0 Å². The maximum absolute atomic E-state index is 5.73. The van der Waals surface area contributed by atoms with Crippen molar-refractivity contribution in [1.29, 1.82) is 0 Å². The SMILES string of the molecule is CN(C)c1ccc(C2CCOc3ccccc32)cc1. The fourth-order valence-corrected chi connectivity index (χ4v) is 2.69. The second kappa shape index (κ2) is 4.96. The predicted octanol–water partition coefficient (Wildman–Crippen LogP) is 3.67. The summed E-state index contributed by atoms with van der Waals surface area (Å²) in [5, 5.41) is 0. The summed E-state index contributed by atoms with van der Waals surface area (Å²) in [7, 11) is 4.14. The van der Waals surface area contributed by atoms with E-state index in [1.165, 1.54) is 16.8 Å². The molecule has 1 unspecified atom stereocenters. The highest BCUT2D eigenvalue weighted by atomic mass is 16.5. The third-order valence-corrected chi connectivity index (χ3v) is 3.77. The lowest BCUT2D eigenvalue weighted by molar-refractivity contribution is 0.277. The maximum Gasteiger partial charge on any atom is 0.123 e. The van der Waals surface area contributed by atoms with Crippen molar-refractivity contribution in [3.63, 3.8) is 0 Å². The van der Waals surface area contributed by atoms with Crippen LogP contribution in [0.1, 0.15) is 23.5 Å². The third kappa shape index (κ3) is 2.30. The molecule has 0 saturated carbocycles. The molecule has 1 aliphatic rings. The smallest absolute Gasteiger partial charge is 0.123 e. The van der Waals surface area contributed by atoms with Crippen molar-refractivity contribution in [2.75, 3.05) is 25.6 Å². The van der Waals surface area contributed by atoms with Gasteiger partial charge in [0.05, 0.1) is 6.61 Å². The predicted molar refractivity (Wildman–Crippen MR) is 79.2 cm³/mol. The number of fused-ring (bicyclic) bond motifs is 1. The molecule has 0 amide bonds. The molecule has 0 aliphatic carbocycles. The van der Waals surface area contributed by atoms with Crippen LogP contribution in [0, 0.1) is 0 Å². The fraction of sp³-hybridized carbons (Fsp3) is 0.294. The van der Waals surface area contributed by atoms with Gasteiger partial charge in [0.25, 0.3) is 0 Å². The van der Waals surface area contributed by atoms with Crippen LogP contribution in [0.25, 0.3) is 0 Å². The van der Waals surface area contributed by atoms with E-state index in [0.29, 0.717) is 5.92 Å². The molecule has 0 radical (unpaired) electrons. The molecule has 98 valence electrons. The highest BCUT2D eigenvalue weighted by Gasteiger charge is 2.22. The van der Waals surface area contributed by atoms with E-state index in [1.807, 2.05) is 6.07 Å². The van der Waals surface area contributed by atoms with Crippen molar-refractivity contribution in [2.45, 2.75) is 12.3 Å². The summed E-state index contributed by atoms with van der Waals surface area (Å²) in [5.41, 5.74) is 3.93. The first-order valence-electron chi connectivity index (χ1n) is 6.75. The molecule has 19 heavy (non-hydrogen) atoms. The average molecular weight is 253 g/mol. The second-order valence-corrected chi connectivity index (χ2v) is 5.21. The minimum Gasteiger partial charge on any atom is -0.493 e. The topological polar surface area (TPSA) is 12.5 Å². The molecule has 0 saturated heterocycles. The van der Waals surface area contributed by atoms with Gasteiger partial charge in [-0.25, -0.2) is 0 Å². The van der Waals surface area contributed by atoms with Crippen LogP contribution in [0.3, 0.4) is 0 Å². The van der Waals surface area contributed by atoms with Gasteiger partial charge in [0.2, 0.25) is 0 Å². The highest BCUT2D eigenvalue weighted by Crippen LogP contribution is 2.38. The van der Waals surface area contributed by atoms with Crippen molar-refractivity contribution < 1.29 is 4.74 Å². The zero-order valence-electron chi connectivity index (χ0n) is 11.5. The first-order chi connectivity index (χ1) is 9.25. The Balaban J connectivity index is 1.95. The zero-order valence-corrected chi connectivity index (χ0v) is 11.5. The summed E-state index contributed by atoms with van der Waals surface area (Å²) >= 11 is 0. The Kier molecular flexibility index (Phi) is 3.16. The number of para-hydroxylation sites is 1. The van der Waals surface area contributed by atoms with Crippen LogP contribution in [0.2, 0.25) is 0 Å². The van der Waals surface area contributed by atoms with Gasteiger partial charge in [-0.3, -0.25) is 0 Å². The lowest BCUT2D eigenvalue weighted by atomic mass is 9.87. The van der Waals surface area contributed by atoms with Crippen LogP contribution in [0.4, 0.5) is 5.69 Å². The molecule has 1 heterocycles. The monoisotopic (exact) mass is 253 g/mol.